The molecule has 0 saturated heterocycles. The molecule has 0 radical (unpaired) electrons. The Morgan fingerprint density at radius 3 is 3.17 bits per heavy atom. The van der Waals surface area contributed by atoms with Crippen LogP contribution in [0.1, 0.15) is 0 Å². The summed E-state index contributed by atoms with van der Waals surface area (Å²) in [4.78, 5) is 4.49. The molecule has 0 unspecified atom stereocenters. The van der Waals surface area contributed by atoms with Crippen LogP contribution in [0.2, 0.25) is 0 Å². The molecule has 1 aromatic carbocycles. The maximum atomic E-state index is 5.74. The summed E-state index contributed by atoms with van der Waals surface area (Å²) >= 11 is 1.62. The monoisotopic (exact) mass is 259 g/mol. The van der Waals surface area contributed by atoms with E-state index in [0.717, 1.165) is 34.1 Å². The summed E-state index contributed by atoms with van der Waals surface area (Å²) in [5, 5.41) is 8.36. The number of thiazole rings is 1. The summed E-state index contributed by atoms with van der Waals surface area (Å²) in [6, 6.07) is 7.68. The molecule has 0 aliphatic heterocycles. The standard InChI is InChI=1S/C12H13N5S/c13-9-2-3-10-11(8-9)18-12(16-10)14-5-7-17-6-1-4-15-17/h1-4,6,8H,5,7,13H2,(H,14,16). The van der Waals surface area contributed by atoms with Crippen LogP contribution < -0.4 is 11.1 Å². The molecule has 3 N–H and O–H groups in total. The Hall–Kier alpha value is -2.08. The molecule has 0 bridgehead atoms. The molecule has 0 amide bonds. The van der Waals surface area contributed by atoms with Crippen LogP contribution in [0.5, 0.6) is 0 Å². The van der Waals surface area contributed by atoms with E-state index in [1.54, 1.807) is 17.5 Å². The number of nitrogens with one attached hydrogen (secondary N) is 1. The van der Waals surface area contributed by atoms with E-state index in [0.29, 0.717) is 0 Å². The molecular formula is C12H13N5S. The summed E-state index contributed by atoms with van der Waals surface area (Å²) in [6.45, 7) is 1.63. The summed E-state index contributed by atoms with van der Waals surface area (Å²) in [7, 11) is 0. The summed E-state index contributed by atoms with van der Waals surface area (Å²) in [5.74, 6) is 0. The number of aromatic nitrogens is 3. The van der Waals surface area contributed by atoms with Crippen molar-refractivity contribution in [2.24, 2.45) is 0 Å². The van der Waals surface area contributed by atoms with E-state index in [4.69, 9.17) is 5.73 Å². The van der Waals surface area contributed by atoms with Gasteiger partial charge in [-0.05, 0) is 24.3 Å². The lowest BCUT2D eigenvalue weighted by molar-refractivity contribution is 0.638. The van der Waals surface area contributed by atoms with E-state index in [9.17, 15) is 0 Å². The van der Waals surface area contributed by atoms with Gasteiger partial charge in [0.1, 0.15) is 0 Å². The van der Waals surface area contributed by atoms with Crippen LogP contribution in [-0.4, -0.2) is 21.3 Å². The summed E-state index contributed by atoms with van der Waals surface area (Å²) in [5.41, 5.74) is 7.50. The van der Waals surface area contributed by atoms with Crippen LogP contribution in [0.25, 0.3) is 10.2 Å². The number of fused-ring (bicyclic) bond motifs is 1. The minimum absolute atomic E-state index is 0.772. The molecule has 3 rings (SSSR count). The lowest BCUT2D eigenvalue weighted by Gasteiger charge is -2.02. The first kappa shape index (κ1) is 11.0. The fourth-order valence-electron chi connectivity index (χ4n) is 1.73. The van der Waals surface area contributed by atoms with Gasteiger partial charge in [-0.3, -0.25) is 4.68 Å². The molecule has 2 aromatic heterocycles. The Morgan fingerprint density at radius 1 is 1.39 bits per heavy atom. The van der Waals surface area contributed by atoms with Gasteiger partial charge in [0.05, 0.1) is 16.8 Å². The van der Waals surface area contributed by atoms with E-state index in [-0.39, 0.29) is 0 Å². The van der Waals surface area contributed by atoms with Gasteiger partial charge in [-0.15, -0.1) is 0 Å². The van der Waals surface area contributed by atoms with Crippen molar-refractivity contribution in [1.82, 2.24) is 14.8 Å². The minimum Gasteiger partial charge on any atom is -0.399 e. The predicted molar refractivity (Wildman–Crippen MR) is 74.7 cm³/mol. The van der Waals surface area contributed by atoms with Gasteiger partial charge >= 0.3 is 0 Å². The van der Waals surface area contributed by atoms with Crippen molar-refractivity contribution in [3.05, 3.63) is 36.7 Å². The van der Waals surface area contributed by atoms with Crippen molar-refractivity contribution in [3.63, 3.8) is 0 Å². The maximum Gasteiger partial charge on any atom is 0.183 e. The number of hydrogen-bond acceptors (Lipinski definition) is 5. The molecule has 0 aliphatic rings. The molecule has 0 atom stereocenters. The second kappa shape index (κ2) is 4.66. The molecule has 18 heavy (non-hydrogen) atoms. The zero-order valence-electron chi connectivity index (χ0n) is 9.71. The first-order valence-electron chi connectivity index (χ1n) is 5.69. The number of nitrogen functional groups attached to an aromatic ring is 1. The van der Waals surface area contributed by atoms with Crippen LogP contribution >= 0.6 is 11.3 Å². The highest BCUT2D eigenvalue weighted by Crippen LogP contribution is 2.27. The highest BCUT2D eigenvalue weighted by molar-refractivity contribution is 7.22. The van der Waals surface area contributed by atoms with E-state index in [2.05, 4.69) is 15.4 Å². The van der Waals surface area contributed by atoms with E-state index in [1.165, 1.54) is 0 Å². The number of anilines is 2. The summed E-state index contributed by atoms with van der Waals surface area (Å²) in [6.07, 6.45) is 3.72. The van der Waals surface area contributed by atoms with Crippen molar-refractivity contribution in [2.75, 3.05) is 17.6 Å². The van der Waals surface area contributed by atoms with E-state index in [1.807, 2.05) is 35.1 Å². The first-order chi connectivity index (χ1) is 8.81. The third-order valence-corrected chi connectivity index (χ3v) is 3.56. The number of rotatable bonds is 4. The van der Waals surface area contributed by atoms with E-state index < -0.39 is 0 Å². The second-order valence-corrected chi connectivity index (χ2v) is 4.97. The Morgan fingerprint density at radius 2 is 2.33 bits per heavy atom. The van der Waals surface area contributed by atoms with Gasteiger partial charge in [-0.25, -0.2) is 4.98 Å². The lowest BCUT2D eigenvalue weighted by atomic mass is 10.3. The van der Waals surface area contributed by atoms with Gasteiger partial charge in [0.15, 0.2) is 5.13 Å². The maximum absolute atomic E-state index is 5.74. The lowest BCUT2D eigenvalue weighted by Crippen LogP contribution is -2.10. The van der Waals surface area contributed by atoms with Crippen molar-refractivity contribution < 1.29 is 0 Å². The fraction of sp³-hybridized carbons (Fsp3) is 0.167. The second-order valence-electron chi connectivity index (χ2n) is 3.94. The largest absolute Gasteiger partial charge is 0.399 e. The third kappa shape index (κ3) is 2.28. The van der Waals surface area contributed by atoms with Crippen molar-refractivity contribution in [3.8, 4) is 0 Å². The average Bonchev–Trinajstić information content (AvgIpc) is 2.97. The zero-order chi connectivity index (χ0) is 12.4. The molecule has 6 heteroatoms. The number of nitrogens with two attached hydrogens (primary N) is 1. The topological polar surface area (TPSA) is 68.8 Å². The van der Waals surface area contributed by atoms with Gasteiger partial charge < -0.3 is 11.1 Å². The molecule has 0 fully saturated rings. The van der Waals surface area contributed by atoms with Gasteiger partial charge in [0, 0.05) is 24.6 Å². The normalized spacial score (nSPS) is 10.9. The first-order valence-corrected chi connectivity index (χ1v) is 6.50. The van der Waals surface area contributed by atoms with Crippen LogP contribution in [-0.2, 0) is 6.54 Å². The zero-order valence-corrected chi connectivity index (χ0v) is 10.5. The van der Waals surface area contributed by atoms with Gasteiger partial charge in [0.2, 0.25) is 0 Å². The highest BCUT2D eigenvalue weighted by atomic mass is 32.1. The SMILES string of the molecule is Nc1ccc2nc(NCCn3cccn3)sc2c1. The Balaban J connectivity index is 1.67. The van der Waals surface area contributed by atoms with Crippen molar-refractivity contribution in [1.29, 1.82) is 0 Å². The third-order valence-electron chi connectivity index (χ3n) is 2.59. The van der Waals surface area contributed by atoms with Crippen LogP contribution in [0, 0.1) is 0 Å². The molecule has 0 aliphatic carbocycles. The predicted octanol–water partition coefficient (Wildman–Crippen LogP) is 2.19. The Kier molecular flexibility index (Phi) is 2.85. The smallest absolute Gasteiger partial charge is 0.183 e. The molecule has 5 nitrogen and oxygen atoms in total. The average molecular weight is 259 g/mol. The Labute approximate surface area is 108 Å². The van der Waals surface area contributed by atoms with Gasteiger partial charge in [0.25, 0.3) is 0 Å². The number of hydrogen-bond donors (Lipinski definition) is 2. The molecule has 2 heterocycles. The van der Waals surface area contributed by atoms with Crippen LogP contribution in [0.3, 0.4) is 0 Å². The number of benzene rings is 1. The summed E-state index contributed by atoms with van der Waals surface area (Å²) < 4.78 is 3.00. The molecule has 3 aromatic rings. The van der Waals surface area contributed by atoms with E-state index >= 15 is 0 Å². The molecule has 0 saturated carbocycles. The van der Waals surface area contributed by atoms with Crippen LogP contribution in [0.15, 0.2) is 36.7 Å². The number of nitrogens with zero attached hydrogens (tertiary/aromatic N) is 3. The quantitative estimate of drug-likeness (QED) is 0.705. The van der Waals surface area contributed by atoms with Crippen LogP contribution in [0.4, 0.5) is 10.8 Å². The minimum atomic E-state index is 0.772. The van der Waals surface area contributed by atoms with Crippen molar-refractivity contribution >= 4 is 32.4 Å². The van der Waals surface area contributed by atoms with Gasteiger partial charge in [-0.2, -0.15) is 5.10 Å². The Bertz CT molecular complexity index is 644. The molecular weight excluding hydrogens is 246 g/mol. The van der Waals surface area contributed by atoms with Crippen molar-refractivity contribution in [2.45, 2.75) is 6.54 Å². The highest BCUT2D eigenvalue weighted by Gasteiger charge is 2.03. The van der Waals surface area contributed by atoms with Gasteiger partial charge in [-0.1, -0.05) is 11.3 Å². The fourth-order valence-corrected chi connectivity index (χ4v) is 2.67. The molecule has 0 spiro atoms. The molecule has 92 valence electrons.